The van der Waals surface area contributed by atoms with E-state index in [1.54, 1.807) is 0 Å². The van der Waals surface area contributed by atoms with Gasteiger partial charge < -0.3 is 0 Å². The SMILES string of the molecule is CCCc1n[nH]c(=S)n1C(CC)(CC)CC. The van der Waals surface area contributed by atoms with Crippen molar-refractivity contribution >= 4 is 12.2 Å². The standard InChI is InChI=1S/C12H23N3S/c1-5-9-10-13-14-11(16)15(10)12(6-2,7-3)8-4/h5-9H2,1-4H3,(H,14,16). The molecule has 3 nitrogen and oxygen atoms in total. The fourth-order valence-corrected chi connectivity index (χ4v) is 2.78. The van der Waals surface area contributed by atoms with Crippen LogP contribution in [-0.2, 0) is 12.0 Å². The summed E-state index contributed by atoms with van der Waals surface area (Å²) < 4.78 is 3.03. The summed E-state index contributed by atoms with van der Waals surface area (Å²) in [4.78, 5) is 0. The highest BCUT2D eigenvalue weighted by molar-refractivity contribution is 7.71. The summed E-state index contributed by atoms with van der Waals surface area (Å²) in [5.74, 6) is 1.11. The molecule has 0 aliphatic rings. The van der Waals surface area contributed by atoms with E-state index in [4.69, 9.17) is 12.2 Å². The van der Waals surface area contributed by atoms with E-state index >= 15 is 0 Å². The minimum Gasteiger partial charge on any atom is -0.298 e. The minimum atomic E-state index is 0.147. The first-order valence-corrected chi connectivity index (χ1v) is 6.72. The molecule has 0 aromatic carbocycles. The molecule has 0 aliphatic carbocycles. The van der Waals surface area contributed by atoms with E-state index < -0.39 is 0 Å². The van der Waals surface area contributed by atoms with Crippen molar-refractivity contribution in [1.29, 1.82) is 0 Å². The Labute approximate surface area is 103 Å². The van der Waals surface area contributed by atoms with Crippen molar-refractivity contribution < 1.29 is 0 Å². The van der Waals surface area contributed by atoms with Crippen molar-refractivity contribution in [1.82, 2.24) is 14.8 Å². The van der Waals surface area contributed by atoms with Crippen LogP contribution >= 0.6 is 12.2 Å². The van der Waals surface area contributed by atoms with Crippen molar-refractivity contribution in [3.63, 3.8) is 0 Å². The highest BCUT2D eigenvalue weighted by atomic mass is 32.1. The quantitative estimate of drug-likeness (QED) is 0.768. The highest BCUT2D eigenvalue weighted by Gasteiger charge is 2.29. The molecule has 1 N–H and O–H groups in total. The molecule has 0 atom stereocenters. The molecule has 0 bridgehead atoms. The predicted octanol–water partition coefficient (Wildman–Crippen LogP) is 3.82. The van der Waals surface area contributed by atoms with Gasteiger partial charge in [-0.15, -0.1) is 0 Å². The van der Waals surface area contributed by atoms with Crippen LogP contribution in [0.2, 0.25) is 0 Å². The lowest BCUT2D eigenvalue weighted by molar-refractivity contribution is 0.239. The number of aromatic amines is 1. The second-order valence-electron chi connectivity index (χ2n) is 4.32. The Balaban J connectivity index is 3.27. The molecule has 16 heavy (non-hydrogen) atoms. The summed E-state index contributed by atoms with van der Waals surface area (Å²) in [6.07, 6.45) is 5.40. The molecule has 1 rings (SSSR count). The van der Waals surface area contributed by atoms with Crippen molar-refractivity contribution in [2.24, 2.45) is 0 Å². The first-order valence-electron chi connectivity index (χ1n) is 6.31. The maximum atomic E-state index is 5.38. The van der Waals surface area contributed by atoms with Crippen LogP contribution in [0.1, 0.15) is 59.2 Å². The third-order valence-electron chi connectivity index (χ3n) is 3.66. The van der Waals surface area contributed by atoms with Gasteiger partial charge in [-0.3, -0.25) is 9.67 Å². The fourth-order valence-electron chi connectivity index (χ4n) is 2.43. The average Bonchev–Trinajstić information content (AvgIpc) is 2.66. The Hall–Kier alpha value is -0.640. The molecular weight excluding hydrogens is 218 g/mol. The van der Waals surface area contributed by atoms with Crippen LogP contribution in [0.5, 0.6) is 0 Å². The molecule has 0 saturated carbocycles. The lowest BCUT2D eigenvalue weighted by Gasteiger charge is -2.33. The van der Waals surface area contributed by atoms with Gasteiger partial charge >= 0.3 is 0 Å². The molecule has 1 heterocycles. The number of aryl methyl sites for hydroxylation is 1. The Morgan fingerprint density at radius 2 is 1.75 bits per heavy atom. The second-order valence-corrected chi connectivity index (χ2v) is 4.70. The zero-order chi connectivity index (χ0) is 12.2. The molecule has 1 aromatic rings. The molecule has 4 heteroatoms. The number of hydrogen-bond acceptors (Lipinski definition) is 2. The Bertz CT molecular complexity index is 366. The third-order valence-corrected chi connectivity index (χ3v) is 3.94. The van der Waals surface area contributed by atoms with Crippen molar-refractivity contribution in [3.8, 4) is 0 Å². The molecule has 1 aromatic heterocycles. The first-order chi connectivity index (χ1) is 7.65. The third kappa shape index (κ3) is 2.21. The lowest BCUT2D eigenvalue weighted by atomic mass is 9.89. The van der Waals surface area contributed by atoms with Gasteiger partial charge in [0.15, 0.2) is 4.77 Å². The fraction of sp³-hybridized carbons (Fsp3) is 0.833. The predicted molar refractivity (Wildman–Crippen MR) is 70.3 cm³/mol. The van der Waals surface area contributed by atoms with E-state index in [9.17, 15) is 0 Å². The zero-order valence-electron chi connectivity index (χ0n) is 10.8. The van der Waals surface area contributed by atoms with Gasteiger partial charge in [-0.05, 0) is 37.9 Å². The minimum absolute atomic E-state index is 0.147. The van der Waals surface area contributed by atoms with E-state index in [1.807, 2.05) is 0 Å². The van der Waals surface area contributed by atoms with Gasteiger partial charge in [0, 0.05) is 12.0 Å². The summed E-state index contributed by atoms with van der Waals surface area (Å²) in [5, 5.41) is 7.31. The number of aromatic nitrogens is 3. The van der Waals surface area contributed by atoms with Gasteiger partial charge in [0.1, 0.15) is 5.82 Å². The lowest BCUT2D eigenvalue weighted by Crippen LogP contribution is -2.33. The van der Waals surface area contributed by atoms with E-state index in [-0.39, 0.29) is 5.54 Å². The van der Waals surface area contributed by atoms with Gasteiger partial charge in [-0.1, -0.05) is 27.7 Å². The molecule has 0 radical (unpaired) electrons. The van der Waals surface area contributed by atoms with Crippen LogP contribution in [0.3, 0.4) is 0 Å². The monoisotopic (exact) mass is 241 g/mol. The molecule has 0 spiro atoms. The molecule has 0 amide bonds. The van der Waals surface area contributed by atoms with Crippen molar-refractivity contribution in [3.05, 3.63) is 10.6 Å². The summed E-state index contributed by atoms with van der Waals surface area (Å²) in [7, 11) is 0. The summed E-state index contributed by atoms with van der Waals surface area (Å²) in [6, 6.07) is 0. The van der Waals surface area contributed by atoms with E-state index in [0.717, 1.165) is 42.7 Å². The van der Waals surface area contributed by atoms with Gasteiger partial charge in [0.25, 0.3) is 0 Å². The highest BCUT2D eigenvalue weighted by Crippen LogP contribution is 2.30. The van der Waals surface area contributed by atoms with Gasteiger partial charge in [0.2, 0.25) is 0 Å². The largest absolute Gasteiger partial charge is 0.298 e. The average molecular weight is 241 g/mol. The van der Waals surface area contributed by atoms with Gasteiger partial charge in [0.05, 0.1) is 0 Å². The smallest absolute Gasteiger partial charge is 0.195 e. The zero-order valence-corrected chi connectivity index (χ0v) is 11.7. The topological polar surface area (TPSA) is 33.6 Å². The molecule has 0 unspecified atom stereocenters. The molecule has 92 valence electrons. The number of H-pyrrole nitrogens is 1. The second kappa shape index (κ2) is 5.62. The Morgan fingerprint density at radius 1 is 1.19 bits per heavy atom. The number of hydrogen-bond donors (Lipinski definition) is 1. The molecule has 0 saturated heterocycles. The van der Waals surface area contributed by atoms with E-state index in [0.29, 0.717) is 0 Å². The summed E-state index contributed by atoms with van der Waals surface area (Å²) in [5.41, 5.74) is 0.147. The van der Waals surface area contributed by atoms with Crippen LogP contribution in [-0.4, -0.2) is 14.8 Å². The van der Waals surface area contributed by atoms with Crippen LogP contribution < -0.4 is 0 Å². The molecule has 0 aliphatic heterocycles. The van der Waals surface area contributed by atoms with Crippen molar-refractivity contribution in [2.75, 3.05) is 0 Å². The van der Waals surface area contributed by atoms with Crippen molar-refractivity contribution in [2.45, 2.75) is 65.3 Å². The van der Waals surface area contributed by atoms with Crippen LogP contribution in [0, 0.1) is 4.77 Å². The van der Waals surface area contributed by atoms with Gasteiger partial charge in [-0.25, -0.2) is 0 Å². The number of rotatable bonds is 6. The number of nitrogens with one attached hydrogen (secondary N) is 1. The Morgan fingerprint density at radius 3 is 2.19 bits per heavy atom. The first kappa shape index (κ1) is 13.4. The van der Waals surface area contributed by atoms with Gasteiger partial charge in [-0.2, -0.15) is 5.10 Å². The summed E-state index contributed by atoms with van der Waals surface area (Å²) in [6.45, 7) is 8.88. The maximum Gasteiger partial charge on any atom is 0.195 e. The normalized spacial score (nSPS) is 12.0. The Kier molecular flexibility index (Phi) is 4.71. The maximum absolute atomic E-state index is 5.38. The van der Waals surface area contributed by atoms with E-state index in [1.165, 1.54) is 0 Å². The van der Waals surface area contributed by atoms with Crippen LogP contribution in [0.25, 0.3) is 0 Å². The molecular formula is C12H23N3S. The molecule has 0 fully saturated rings. The number of nitrogens with zero attached hydrogens (tertiary/aromatic N) is 2. The van der Waals surface area contributed by atoms with Crippen LogP contribution in [0.15, 0.2) is 0 Å². The van der Waals surface area contributed by atoms with E-state index in [2.05, 4.69) is 42.5 Å². The summed E-state index contributed by atoms with van der Waals surface area (Å²) >= 11 is 5.38. The van der Waals surface area contributed by atoms with Crippen LogP contribution in [0.4, 0.5) is 0 Å².